The Bertz CT molecular complexity index is 746. The number of aromatic nitrogens is 3. The molecule has 4 heteroatoms. The topological polar surface area (TPSA) is 39.9 Å². The summed E-state index contributed by atoms with van der Waals surface area (Å²) in [4.78, 5) is 4.44. The van der Waals surface area contributed by atoms with E-state index in [1.54, 1.807) is 13.3 Å². The van der Waals surface area contributed by atoms with Crippen LogP contribution in [-0.2, 0) is 0 Å². The number of methoxy groups -OCH3 is 1. The van der Waals surface area contributed by atoms with Crippen molar-refractivity contribution in [1.29, 1.82) is 0 Å². The Morgan fingerprint density at radius 2 is 1.95 bits per heavy atom. The van der Waals surface area contributed by atoms with Crippen LogP contribution in [0.4, 0.5) is 0 Å². The van der Waals surface area contributed by atoms with Gasteiger partial charge in [0, 0.05) is 29.4 Å². The van der Waals surface area contributed by atoms with E-state index in [1.807, 2.05) is 29.1 Å². The Morgan fingerprint density at radius 3 is 2.70 bits per heavy atom. The Kier molecular flexibility index (Phi) is 3.14. The molecule has 0 bridgehead atoms. The van der Waals surface area contributed by atoms with Gasteiger partial charge in [-0.25, -0.2) is 0 Å². The average molecular weight is 267 g/mol. The summed E-state index contributed by atoms with van der Waals surface area (Å²) in [5, 5.41) is 5.48. The third-order valence-corrected chi connectivity index (χ3v) is 3.39. The number of pyridine rings is 1. The minimum absolute atomic E-state index is 0.314. The number of nitrogens with zero attached hydrogens (tertiary/aromatic N) is 3. The summed E-state index contributed by atoms with van der Waals surface area (Å²) in [7, 11) is 1.67. The standard InChI is InChI=1S/C16H17N3O/c1-11(2)19-14(8-10-18-19)12-6-7-15(20-3)16-13(12)5-4-9-17-16/h4-11H,1-3H3. The van der Waals surface area contributed by atoms with Crippen LogP contribution in [0, 0.1) is 0 Å². The van der Waals surface area contributed by atoms with Gasteiger partial charge in [-0.1, -0.05) is 6.07 Å². The van der Waals surface area contributed by atoms with Gasteiger partial charge >= 0.3 is 0 Å². The fourth-order valence-corrected chi connectivity index (χ4v) is 2.47. The molecule has 0 fully saturated rings. The molecule has 0 unspecified atom stereocenters. The van der Waals surface area contributed by atoms with Crippen molar-refractivity contribution < 1.29 is 4.74 Å². The molecule has 0 aliphatic rings. The minimum Gasteiger partial charge on any atom is -0.494 e. The quantitative estimate of drug-likeness (QED) is 0.726. The maximum Gasteiger partial charge on any atom is 0.145 e. The van der Waals surface area contributed by atoms with Crippen molar-refractivity contribution in [3.8, 4) is 17.0 Å². The van der Waals surface area contributed by atoms with E-state index >= 15 is 0 Å². The molecule has 0 amide bonds. The number of hydrogen-bond donors (Lipinski definition) is 0. The van der Waals surface area contributed by atoms with Gasteiger partial charge in [0.05, 0.1) is 12.8 Å². The van der Waals surface area contributed by atoms with Gasteiger partial charge in [0.2, 0.25) is 0 Å². The van der Waals surface area contributed by atoms with Crippen LogP contribution in [0.1, 0.15) is 19.9 Å². The lowest BCUT2D eigenvalue weighted by Gasteiger charge is -2.14. The lowest BCUT2D eigenvalue weighted by atomic mass is 10.0. The van der Waals surface area contributed by atoms with Crippen LogP contribution in [0.5, 0.6) is 5.75 Å². The summed E-state index contributed by atoms with van der Waals surface area (Å²) in [5.41, 5.74) is 3.10. The molecule has 3 aromatic rings. The van der Waals surface area contributed by atoms with Gasteiger partial charge in [-0.3, -0.25) is 9.67 Å². The number of benzene rings is 1. The first-order chi connectivity index (χ1) is 9.72. The Morgan fingerprint density at radius 1 is 1.10 bits per heavy atom. The first-order valence-electron chi connectivity index (χ1n) is 6.68. The molecule has 3 rings (SSSR count). The molecule has 1 aromatic carbocycles. The molecule has 0 aliphatic carbocycles. The molecular formula is C16H17N3O. The maximum absolute atomic E-state index is 5.39. The largest absolute Gasteiger partial charge is 0.494 e. The third-order valence-electron chi connectivity index (χ3n) is 3.39. The molecule has 20 heavy (non-hydrogen) atoms. The minimum atomic E-state index is 0.314. The van der Waals surface area contributed by atoms with Crippen molar-refractivity contribution in [2.45, 2.75) is 19.9 Å². The monoisotopic (exact) mass is 267 g/mol. The molecule has 0 saturated heterocycles. The summed E-state index contributed by atoms with van der Waals surface area (Å²) in [5.74, 6) is 0.792. The highest BCUT2D eigenvalue weighted by Crippen LogP contribution is 2.33. The molecular weight excluding hydrogens is 250 g/mol. The second-order valence-corrected chi connectivity index (χ2v) is 4.97. The van der Waals surface area contributed by atoms with Crippen molar-refractivity contribution >= 4 is 10.9 Å². The highest BCUT2D eigenvalue weighted by molar-refractivity contribution is 5.97. The van der Waals surface area contributed by atoms with E-state index in [1.165, 1.54) is 0 Å². The summed E-state index contributed by atoms with van der Waals surface area (Å²) >= 11 is 0. The van der Waals surface area contributed by atoms with Gasteiger partial charge in [0.1, 0.15) is 11.3 Å². The predicted octanol–water partition coefficient (Wildman–Crippen LogP) is 3.69. The third kappa shape index (κ3) is 1.93. The summed E-state index contributed by atoms with van der Waals surface area (Å²) < 4.78 is 7.41. The number of rotatable bonds is 3. The SMILES string of the molecule is COc1ccc(-c2ccnn2C(C)C)c2cccnc12. The van der Waals surface area contributed by atoms with Crippen LogP contribution in [-0.4, -0.2) is 21.9 Å². The zero-order chi connectivity index (χ0) is 14.1. The second kappa shape index (κ2) is 4.96. The summed E-state index contributed by atoms with van der Waals surface area (Å²) in [6, 6.07) is 10.4. The van der Waals surface area contributed by atoms with E-state index < -0.39 is 0 Å². The highest BCUT2D eigenvalue weighted by atomic mass is 16.5. The fraction of sp³-hybridized carbons (Fsp3) is 0.250. The number of hydrogen-bond acceptors (Lipinski definition) is 3. The van der Waals surface area contributed by atoms with Gasteiger partial charge in [0.15, 0.2) is 0 Å². The fourth-order valence-electron chi connectivity index (χ4n) is 2.47. The first kappa shape index (κ1) is 12.7. The molecule has 0 N–H and O–H groups in total. The molecule has 0 radical (unpaired) electrons. The van der Waals surface area contributed by atoms with Crippen LogP contribution < -0.4 is 4.74 Å². The lowest BCUT2D eigenvalue weighted by Crippen LogP contribution is -2.04. The molecule has 0 aliphatic heterocycles. The van der Waals surface area contributed by atoms with E-state index in [0.29, 0.717) is 6.04 Å². The average Bonchev–Trinajstić information content (AvgIpc) is 2.95. The van der Waals surface area contributed by atoms with Crippen LogP contribution in [0.3, 0.4) is 0 Å². The second-order valence-electron chi connectivity index (χ2n) is 4.97. The van der Waals surface area contributed by atoms with Crippen molar-refractivity contribution in [2.24, 2.45) is 0 Å². The van der Waals surface area contributed by atoms with Crippen molar-refractivity contribution in [1.82, 2.24) is 14.8 Å². The smallest absolute Gasteiger partial charge is 0.145 e. The Hall–Kier alpha value is -2.36. The number of ether oxygens (including phenoxy) is 1. The molecule has 2 aromatic heterocycles. The van der Waals surface area contributed by atoms with Crippen LogP contribution >= 0.6 is 0 Å². The van der Waals surface area contributed by atoms with Crippen LogP contribution in [0.15, 0.2) is 42.7 Å². The molecule has 0 atom stereocenters. The van der Waals surface area contributed by atoms with Gasteiger partial charge in [-0.05, 0) is 38.1 Å². The van der Waals surface area contributed by atoms with E-state index in [2.05, 4.69) is 36.1 Å². The van der Waals surface area contributed by atoms with Crippen molar-refractivity contribution in [3.05, 3.63) is 42.7 Å². The van der Waals surface area contributed by atoms with Crippen molar-refractivity contribution in [3.63, 3.8) is 0 Å². The van der Waals surface area contributed by atoms with E-state index in [4.69, 9.17) is 4.74 Å². The van der Waals surface area contributed by atoms with Crippen molar-refractivity contribution in [2.75, 3.05) is 7.11 Å². The van der Waals surface area contributed by atoms with E-state index in [0.717, 1.165) is 27.9 Å². The molecule has 0 saturated carbocycles. The lowest BCUT2D eigenvalue weighted by molar-refractivity contribution is 0.419. The highest BCUT2D eigenvalue weighted by Gasteiger charge is 2.13. The Labute approximate surface area is 118 Å². The van der Waals surface area contributed by atoms with E-state index in [-0.39, 0.29) is 0 Å². The predicted molar refractivity (Wildman–Crippen MR) is 79.9 cm³/mol. The van der Waals surface area contributed by atoms with Gasteiger partial charge in [0.25, 0.3) is 0 Å². The van der Waals surface area contributed by atoms with Gasteiger partial charge in [-0.15, -0.1) is 0 Å². The molecule has 102 valence electrons. The molecule has 4 nitrogen and oxygen atoms in total. The Balaban J connectivity index is 2.30. The zero-order valence-electron chi connectivity index (χ0n) is 11.9. The van der Waals surface area contributed by atoms with Gasteiger partial charge < -0.3 is 4.74 Å². The van der Waals surface area contributed by atoms with E-state index in [9.17, 15) is 0 Å². The van der Waals surface area contributed by atoms with Crippen LogP contribution in [0.25, 0.3) is 22.2 Å². The maximum atomic E-state index is 5.39. The summed E-state index contributed by atoms with van der Waals surface area (Å²) in [6.45, 7) is 4.25. The molecule has 2 heterocycles. The normalized spacial score (nSPS) is 11.2. The number of fused-ring (bicyclic) bond motifs is 1. The summed E-state index contributed by atoms with van der Waals surface area (Å²) in [6.07, 6.45) is 3.62. The van der Waals surface area contributed by atoms with Gasteiger partial charge in [-0.2, -0.15) is 5.10 Å². The first-order valence-corrected chi connectivity index (χ1v) is 6.68. The van der Waals surface area contributed by atoms with Crippen LogP contribution in [0.2, 0.25) is 0 Å². The molecule has 0 spiro atoms. The zero-order valence-corrected chi connectivity index (χ0v) is 11.9.